The molecular weight excluding hydrogens is 207 g/mol. The summed E-state index contributed by atoms with van der Waals surface area (Å²) in [6.07, 6.45) is 0. The lowest BCUT2D eigenvalue weighted by Crippen LogP contribution is -2.35. The molecule has 1 atom stereocenters. The van der Waals surface area contributed by atoms with E-state index in [4.69, 9.17) is 4.74 Å². The lowest BCUT2D eigenvalue weighted by atomic mass is 10.1. The molecule has 0 amide bonds. The molecule has 0 spiro atoms. The van der Waals surface area contributed by atoms with Gasteiger partial charge in [-0.05, 0) is 6.07 Å². The van der Waals surface area contributed by atoms with Gasteiger partial charge in [0.1, 0.15) is 5.82 Å². The summed E-state index contributed by atoms with van der Waals surface area (Å²) in [6.45, 7) is 1.38. The number of rotatable bonds is 1. The van der Waals surface area contributed by atoms with Gasteiger partial charge in [-0.15, -0.1) is 0 Å². The van der Waals surface area contributed by atoms with Crippen LogP contribution in [0.25, 0.3) is 0 Å². The Kier molecular flexibility index (Phi) is 2.93. The Hall–Kier alpha value is -1.07. The van der Waals surface area contributed by atoms with Crippen LogP contribution in [0.5, 0.6) is 0 Å². The average Bonchev–Trinajstić information content (AvgIpc) is 2.25. The third kappa shape index (κ3) is 2.13. The molecule has 0 saturated carbocycles. The quantitative estimate of drug-likeness (QED) is 0.724. The highest BCUT2D eigenvalue weighted by atomic mass is 19.2. The van der Waals surface area contributed by atoms with Crippen molar-refractivity contribution in [2.45, 2.75) is 6.04 Å². The van der Waals surface area contributed by atoms with Crippen LogP contribution in [0, 0.1) is 17.5 Å². The molecule has 1 heterocycles. The van der Waals surface area contributed by atoms with Gasteiger partial charge >= 0.3 is 0 Å². The Labute approximate surface area is 85.0 Å². The largest absolute Gasteiger partial charge is 0.378 e. The second-order valence-electron chi connectivity index (χ2n) is 3.37. The van der Waals surface area contributed by atoms with Gasteiger partial charge in [-0.3, -0.25) is 0 Å². The van der Waals surface area contributed by atoms with Gasteiger partial charge in [0.2, 0.25) is 0 Å². The van der Waals surface area contributed by atoms with Gasteiger partial charge in [0.25, 0.3) is 0 Å². The van der Waals surface area contributed by atoms with Crippen LogP contribution in [-0.2, 0) is 4.74 Å². The summed E-state index contributed by atoms with van der Waals surface area (Å²) in [5.41, 5.74) is 0.105. The Morgan fingerprint density at radius 2 is 1.87 bits per heavy atom. The van der Waals surface area contributed by atoms with Crippen molar-refractivity contribution in [2.75, 3.05) is 19.8 Å². The standard InChI is InChI=1S/C10H10F3NO/c11-7-4-9(13)8(12)3-6(7)10-5-15-2-1-14-10/h3-4,10,14H,1-2,5H2/t10-/m0/s1. The molecule has 0 aromatic heterocycles. The Morgan fingerprint density at radius 1 is 1.13 bits per heavy atom. The zero-order valence-electron chi connectivity index (χ0n) is 7.90. The molecule has 1 N–H and O–H groups in total. The topological polar surface area (TPSA) is 21.3 Å². The van der Waals surface area contributed by atoms with Gasteiger partial charge < -0.3 is 10.1 Å². The van der Waals surface area contributed by atoms with Crippen LogP contribution in [0.2, 0.25) is 0 Å². The maximum absolute atomic E-state index is 13.3. The number of hydrogen-bond acceptors (Lipinski definition) is 2. The zero-order valence-corrected chi connectivity index (χ0v) is 7.90. The van der Waals surface area contributed by atoms with Gasteiger partial charge in [-0.1, -0.05) is 0 Å². The van der Waals surface area contributed by atoms with Crippen molar-refractivity contribution < 1.29 is 17.9 Å². The first-order valence-corrected chi connectivity index (χ1v) is 4.64. The Bertz CT molecular complexity index is 364. The van der Waals surface area contributed by atoms with E-state index in [1.54, 1.807) is 0 Å². The van der Waals surface area contributed by atoms with Crippen molar-refractivity contribution in [1.29, 1.82) is 0 Å². The third-order valence-electron chi connectivity index (χ3n) is 2.34. The van der Waals surface area contributed by atoms with Gasteiger partial charge in [0.15, 0.2) is 11.6 Å². The smallest absolute Gasteiger partial charge is 0.161 e. The minimum absolute atomic E-state index is 0.105. The molecule has 0 aliphatic carbocycles. The van der Waals surface area contributed by atoms with Crippen molar-refractivity contribution in [3.05, 3.63) is 35.1 Å². The minimum Gasteiger partial charge on any atom is -0.378 e. The van der Waals surface area contributed by atoms with Crippen LogP contribution < -0.4 is 5.32 Å². The van der Waals surface area contributed by atoms with E-state index < -0.39 is 23.5 Å². The molecule has 2 rings (SSSR count). The first-order valence-electron chi connectivity index (χ1n) is 4.64. The van der Waals surface area contributed by atoms with E-state index in [9.17, 15) is 13.2 Å². The average molecular weight is 217 g/mol. The number of morpholine rings is 1. The first-order chi connectivity index (χ1) is 7.18. The molecule has 5 heteroatoms. The normalized spacial score (nSPS) is 21.7. The minimum atomic E-state index is -1.17. The number of hydrogen-bond donors (Lipinski definition) is 1. The van der Waals surface area contributed by atoms with Gasteiger partial charge in [0.05, 0.1) is 19.3 Å². The van der Waals surface area contributed by atoms with E-state index in [2.05, 4.69) is 5.32 Å². The monoisotopic (exact) mass is 217 g/mol. The van der Waals surface area contributed by atoms with E-state index in [0.29, 0.717) is 19.2 Å². The summed E-state index contributed by atoms with van der Waals surface area (Å²) < 4.78 is 44.0. The molecule has 82 valence electrons. The fourth-order valence-electron chi connectivity index (χ4n) is 1.57. The lowest BCUT2D eigenvalue weighted by Gasteiger charge is -2.24. The summed E-state index contributed by atoms with van der Waals surface area (Å²) >= 11 is 0. The summed E-state index contributed by atoms with van der Waals surface area (Å²) in [5.74, 6) is -2.97. The molecule has 1 aromatic carbocycles. The highest BCUT2D eigenvalue weighted by molar-refractivity contribution is 5.23. The van der Waals surface area contributed by atoms with E-state index in [1.807, 2.05) is 0 Å². The van der Waals surface area contributed by atoms with Crippen LogP contribution >= 0.6 is 0 Å². The predicted octanol–water partition coefficient (Wildman–Crippen LogP) is 1.76. The van der Waals surface area contributed by atoms with E-state index in [-0.39, 0.29) is 12.2 Å². The SMILES string of the molecule is Fc1cc(F)c([C@@H]2COCCN2)cc1F. The van der Waals surface area contributed by atoms with E-state index in [1.165, 1.54) is 0 Å². The molecule has 1 aliphatic heterocycles. The van der Waals surface area contributed by atoms with Gasteiger partial charge in [-0.25, -0.2) is 13.2 Å². The molecule has 2 nitrogen and oxygen atoms in total. The third-order valence-corrected chi connectivity index (χ3v) is 2.34. The predicted molar refractivity (Wildman–Crippen MR) is 47.9 cm³/mol. The molecule has 1 aromatic rings. The number of benzene rings is 1. The van der Waals surface area contributed by atoms with Crippen LogP contribution in [0.1, 0.15) is 11.6 Å². The first kappa shape index (κ1) is 10.4. The van der Waals surface area contributed by atoms with Crippen molar-refractivity contribution in [2.24, 2.45) is 0 Å². The number of ether oxygens (including phenoxy) is 1. The molecule has 1 aliphatic rings. The summed E-state index contributed by atoms with van der Waals surface area (Å²) in [7, 11) is 0. The van der Waals surface area contributed by atoms with Crippen LogP contribution in [0.15, 0.2) is 12.1 Å². The molecule has 0 radical (unpaired) electrons. The Morgan fingerprint density at radius 3 is 2.53 bits per heavy atom. The molecule has 1 saturated heterocycles. The lowest BCUT2D eigenvalue weighted by molar-refractivity contribution is 0.0756. The summed E-state index contributed by atoms with van der Waals surface area (Å²) in [6, 6.07) is 1.02. The fraction of sp³-hybridized carbons (Fsp3) is 0.400. The van der Waals surface area contributed by atoms with Crippen molar-refractivity contribution in [3.63, 3.8) is 0 Å². The molecule has 0 unspecified atom stereocenters. The van der Waals surface area contributed by atoms with Crippen molar-refractivity contribution in [3.8, 4) is 0 Å². The van der Waals surface area contributed by atoms with Crippen LogP contribution in [-0.4, -0.2) is 19.8 Å². The second-order valence-corrected chi connectivity index (χ2v) is 3.37. The van der Waals surface area contributed by atoms with E-state index >= 15 is 0 Å². The molecule has 15 heavy (non-hydrogen) atoms. The molecular formula is C10H10F3NO. The van der Waals surface area contributed by atoms with E-state index in [0.717, 1.165) is 6.07 Å². The maximum atomic E-state index is 13.3. The molecule has 0 bridgehead atoms. The summed E-state index contributed by atoms with van der Waals surface area (Å²) in [5, 5.41) is 2.97. The maximum Gasteiger partial charge on any atom is 0.161 e. The zero-order chi connectivity index (χ0) is 10.8. The highest BCUT2D eigenvalue weighted by Crippen LogP contribution is 2.21. The highest BCUT2D eigenvalue weighted by Gasteiger charge is 2.20. The van der Waals surface area contributed by atoms with Crippen molar-refractivity contribution >= 4 is 0 Å². The fourth-order valence-corrected chi connectivity index (χ4v) is 1.57. The summed E-state index contributed by atoms with van der Waals surface area (Å²) in [4.78, 5) is 0. The number of nitrogens with one attached hydrogen (secondary N) is 1. The molecule has 1 fully saturated rings. The number of halogens is 3. The van der Waals surface area contributed by atoms with Crippen LogP contribution in [0.3, 0.4) is 0 Å². The Balaban J connectivity index is 2.30. The van der Waals surface area contributed by atoms with Crippen molar-refractivity contribution in [1.82, 2.24) is 5.32 Å². The van der Waals surface area contributed by atoms with Gasteiger partial charge in [-0.2, -0.15) is 0 Å². The van der Waals surface area contributed by atoms with Crippen LogP contribution in [0.4, 0.5) is 13.2 Å². The second kappa shape index (κ2) is 4.20. The van der Waals surface area contributed by atoms with Gasteiger partial charge in [0, 0.05) is 18.2 Å².